The Hall–Kier alpha value is -3.28. The molecule has 2 aliphatic rings. The van der Waals surface area contributed by atoms with E-state index in [9.17, 15) is 4.79 Å². The van der Waals surface area contributed by atoms with Crippen molar-refractivity contribution in [1.29, 1.82) is 0 Å². The van der Waals surface area contributed by atoms with Crippen LogP contribution in [0.5, 0.6) is 5.75 Å². The van der Waals surface area contributed by atoms with Crippen molar-refractivity contribution in [3.8, 4) is 11.4 Å². The molecular formula is C24H26N4O2. The van der Waals surface area contributed by atoms with Crippen molar-refractivity contribution < 1.29 is 9.53 Å². The first-order valence-electron chi connectivity index (χ1n) is 10.6. The number of fused-ring (bicyclic) bond motifs is 1. The van der Waals surface area contributed by atoms with Crippen LogP contribution in [0.4, 0.5) is 5.69 Å². The van der Waals surface area contributed by atoms with Crippen LogP contribution < -0.4 is 9.64 Å². The van der Waals surface area contributed by atoms with E-state index in [-0.39, 0.29) is 5.91 Å². The Morgan fingerprint density at radius 3 is 2.33 bits per heavy atom. The van der Waals surface area contributed by atoms with Crippen LogP contribution in [-0.4, -0.2) is 53.9 Å². The summed E-state index contributed by atoms with van der Waals surface area (Å²) in [7, 11) is 1.68. The number of amides is 1. The number of nitrogens with zero attached hydrogens (tertiary/aromatic N) is 4. The first-order valence-corrected chi connectivity index (χ1v) is 10.6. The predicted molar refractivity (Wildman–Crippen MR) is 117 cm³/mol. The number of para-hydroxylation sites is 1. The molecule has 1 aliphatic heterocycles. The summed E-state index contributed by atoms with van der Waals surface area (Å²) in [5.74, 6) is 0.924. The highest BCUT2D eigenvalue weighted by atomic mass is 16.5. The standard InChI is InChI=1S/C24H26N4O2/c1-30-20-12-10-18(11-13-20)26-14-16-27(17-15-26)24(29)23-21-8-5-9-22(21)28(25-23)19-6-3-2-4-7-19/h2-4,6-7,10-13H,5,8-9,14-17H2,1H3. The number of carbonyl (C=O) groups is 1. The summed E-state index contributed by atoms with van der Waals surface area (Å²) in [5, 5.41) is 4.77. The van der Waals surface area contributed by atoms with Gasteiger partial charge >= 0.3 is 0 Å². The molecule has 1 aromatic heterocycles. The third-order valence-corrected chi connectivity index (χ3v) is 6.14. The number of rotatable bonds is 4. The van der Waals surface area contributed by atoms with Crippen LogP contribution >= 0.6 is 0 Å². The van der Waals surface area contributed by atoms with Gasteiger partial charge in [0.2, 0.25) is 0 Å². The lowest BCUT2D eigenvalue weighted by Crippen LogP contribution is -2.49. The predicted octanol–water partition coefficient (Wildman–Crippen LogP) is 3.33. The van der Waals surface area contributed by atoms with Crippen LogP contribution in [0.2, 0.25) is 0 Å². The van der Waals surface area contributed by atoms with E-state index in [1.54, 1.807) is 7.11 Å². The highest BCUT2D eigenvalue weighted by molar-refractivity contribution is 5.94. The molecule has 2 aromatic carbocycles. The summed E-state index contributed by atoms with van der Waals surface area (Å²) >= 11 is 0. The van der Waals surface area contributed by atoms with Crippen molar-refractivity contribution in [3.63, 3.8) is 0 Å². The second-order valence-corrected chi connectivity index (χ2v) is 7.85. The molecule has 0 unspecified atom stereocenters. The van der Waals surface area contributed by atoms with Gasteiger partial charge < -0.3 is 14.5 Å². The fraction of sp³-hybridized carbons (Fsp3) is 0.333. The molecule has 1 saturated heterocycles. The lowest BCUT2D eigenvalue weighted by atomic mass is 10.1. The molecule has 1 amide bonds. The molecule has 154 valence electrons. The van der Waals surface area contributed by atoms with Crippen LogP contribution in [-0.2, 0) is 12.8 Å². The molecule has 30 heavy (non-hydrogen) atoms. The fourth-order valence-corrected chi connectivity index (χ4v) is 4.50. The Kier molecular flexibility index (Phi) is 4.91. The largest absolute Gasteiger partial charge is 0.497 e. The molecule has 6 heteroatoms. The Morgan fingerprint density at radius 2 is 1.63 bits per heavy atom. The van der Waals surface area contributed by atoms with Gasteiger partial charge in [-0.2, -0.15) is 5.10 Å². The summed E-state index contributed by atoms with van der Waals surface area (Å²) in [6.45, 7) is 3.05. The zero-order valence-electron chi connectivity index (χ0n) is 17.3. The molecule has 0 radical (unpaired) electrons. The van der Waals surface area contributed by atoms with Gasteiger partial charge in [-0.15, -0.1) is 0 Å². The molecule has 1 fully saturated rings. The van der Waals surface area contributed by atoms with E-state index in [1.165, 1.54) is 5.69 Å². The van der Waals surface area contributed by atoms with Crippen LogP contribution in [0.1, 0.15) is 28.2 Å². The number of benzene rings is 2. The third kappa shape index (κ3) is 3.32. The molecule has 1 aliphatic carbocycles. The van der Waals surface area contributed by atoms with E-state index in [1.807, 2.05) is 52.0 Å². The quantitative estimate of drug-likeness (QED) is 0.672. The zero-order chi connectivity index (χ0) is 20.5. The van der Waals surface area contributed by atoms with Crippen molar-refractivity contribution in [2.75, 3.05) is 38.2 Å². The molecule has 0 atom stereocenters. The number of hydrogen-bond acceptors (Lipinski definition) is 4. The Labute approximate surface area is 176 Å². The maximum absolute atomic E-state index is 13.3. The van der Waals surface area contributed by atoms with Gasteiger partial charge in [-0.1, -0.05) is 18.2 Å². The van der Waals surface area contributed by atoms with Crippen molar-refractivity contribution >= 4 is 11.6 Å². The normalized spacial score (nSPS) is 15.9. The third-order valence-electron chi connectivity index (χ3n) is 6.14. The molecule has 5 rings (SSSR count). The van der Waals surface area contributed by atoms with Gasteiger partial charge in [-0.05, 0) is 55.7 Å². The van der Waals surface area contributed by atoms with Gasteiger partial charge in [0.05, 0.1) is 12.8 Å². The Bertz CT molecular complexity index is 1040. The molecular weight excluding hydrogens is 376 g/mol. The maximum atomic E-state index is 13.3. The van der Waals surface area contributed by atoms with Crippen LogP contribution in [0.15, 0.2) is 54.6 Å². The van der Waals surface area contributed by atoms with Crippen molar-refractivity contribution in [2.24, 2.45) is 0 Å². The minimum absolute atomic E-state index is 0.0669. The van der Waals surface area contributed by atoms with Crippen molar-refractivity contribution in [3.05, 3.63) is 71.5 Å². The molecule has 6 nitrogen and oxygen atoms in total. The summed E-state index contributed by atoms with van der Waals surface area (Å²) in [6, 6.07) is 18.2. The van der Waals surface area contributed by atoms with Crippen LogP contribution in [0, 0.1) is 0 Å². The second-order valence-electron chi connectivity index (χ2n) is 7.85. The van der Waals surface area contributed by atoms with Crippen LogP contribution in [0.25, 0.3) is 5.69 Å². The maximum Gasteiger partial charge on any atom is 0.274 e. The number of piperazine rings is 1. The van der Waals surface area contributed by atoms with Gasteiger partial charge in [0, 0.05) is 43.1 Å². The zero-order valence-corrected chi connectivity index (χ0v) is 17.3. The van der Waals surface area contributed by atoms with E-state index in [4.69, 9.17) is 9.84 Å². The number of carbonyl (C=O) groups excluding carboxylic acids is 1. The van der Waals surface area contributed by atoms with Crippen molar-refractivity contribution in [2.45, 2.75) is 19.3 Å². The van der Waals surface area contributed by atoms with Gasteiger partial charge in [0.15, 0.2) is 5.69 Å². The Balaban J connectivity index is 1.33. The SMILES string of the molecule is COc1ccc(N2CCN(C(=O)c3nn(-c4ccccc4)c4c3CCC4)CC2)cc1. The monoisotopic (exact) mass is 402 g/mol. The van der Waals surface area contributed by atoms with E-state index < -0.39 is 0 Å². The molecule has 0 N–H and O–H groups in total. The second kappa shape index (κ2) is 7.86. The van der Waals surface area contributed by atoms with Gasteiger partial charge in [0.1, 0.15) is 5.75 Å². The van der Waals surface area contributed by atoms with Crippen molar-refractivity contribution in [1.82, 2.24) is 14.7 Å². The van der Waals surface area contributed by atoms with Crippen LogP contribution in [0.3, 0.4) is 0 Å². The van der Waals surface area contributed by atoms with E-state index in [2.05, 4.69) is 17.0 Å². The van der Waals surface area contributed by atoms with E-state index >= 15 is 0 Å². The number of methoxy groups -OCH3 is 1. The number of aromatic nitrogens is 2. The minimum Gasteiger partial charge on any atom is -0.497 e. The first-order chi connectivity index (χ1) is 14.7. The smallest absolute Gasteiger partial charge is 0.274 e. The highest BCUT2D eigenvalue weighted by Gasteiger charge is 2.31. The minimum atomic E-state index is 0.0669. The van der Waals surface area contributed by atoms with E-state index in [0.717, 1.165) is 55.0 Å². The lowest BCUT2D eigenvalue weighted by molar-refractivity contribution is 0.0739. The first kappa shape index (κ1) is 18.7. The number of anilines is 1. The Morgan fingerprint density at radius 1 is 0.900 bits per heavy atom. The van der Waals surface area contributed by atoms with Gasteiger partial charge in [-0.3, -0.25) is 4.79 Å². The molecule has 0 spiro atoms. The topological polar surface area (TPSA) is 50.6 Å². The molecule has 2 heterocycles. The lowest BCUT2D eigenvalue weighted by Gasteiger charge is -2.36. The van der Waals surface area contributed by atoms with Gasteiger partial charge in [0.25, 0.3) is 5.91 Å². The summed E-state index contributed by atoms with van der Waals surface area (Å²) in [4.78, 5) is 17.6. The summed E-state index contributed by atoms with van der Waals surface area (Å²) < 4.78 is 7.22. The average Bonchev–Trinajstić information content (AvgIpc) is 3.42. The number of hydrogen-bond donors (Lipinski definition) is 0. The molecule has 0 bridgehead atoms. The van der Waals surface area contributed by atoms with E-state index in [0.29, 0.717) is 18.8 Å². The van der Waals surface area contributed by atoms with Gasteiger partial charge in [-0.25, -0.2) is 4.68 Å². The molecule has 3 aromatic rings. The summed E-state index contributed by atoms with van der Waals surface area (Å²) in [6.07, 6.45) is 3.01. The fourth-order valence-electron chi connectivity index (χ4n) is 4.50. The number of ether oxygens (including phenoxy) is 1. The average molecular weight is 402 g/mol. The molecule has 0 saturated carbocycles. The summed E-state index contributed by atoms with van der Waals surface area (Å²) in [5.41, 5.74) is 5.17. The highest BCUT2D eigenvalue weighted by Crippen LogP contribution is 2.29.